The molecule has 0 saturated heterocycles. The molecule has 0 aliphatic carbocycles. The molecular formula is C22H43ClO2. The predicted octanol–water partition coefficient (Wildman–Crippen LogP) is 7.81. The molecule has 0 saturated carbocycles. The maximum atomic E-state index is 11.3. The Labute approximate surface area is 162 Å². The third-order valence-corrected chi connectivity index (χ3v) is 4.98. The van der Waals surface area contributed by atoms with Gasteiger partial charge in [-0.25, -0.2) is 0 Å². The molecule has 0 N–H and O–H groups in total. The molecule has 0 aromatic heterocycles. The lowest BCUT2D eigenvalue weighted by molar-refractivity contribution is -0.143. The highest BCUT2D eigenvalue weighted by molar-refractivity contribution is 6.18. The molecule has 0 aromatic rings. The number of ether oxygens (including phenoxy) is 1. The average molecular weight is 375 g/mol. The van der Waals surface area contributed by atoms with Gasteiger partial charge in [-0.15, -0.1) is 11.6 Å². The molecule has 0 aliphatic rings. The first kappa shape index (κ1) is 24.8. The Kier molecular flexibility index (Phi) is 21.6. The number of halogens is 1. The second-order valence-electron chi connectivity index (χ2n) is 7.32. The van der Waals surface area contributed by atoms with Crippen molar-refractivity contribution < 1.29 is 9.53 Å². The normalized spacial score (nSPS) is 11.0. The Hall–Kier alpha value is -0.240. The molecule has 0 atom stereocenters. The molecule has 0 aliphatic heterocycles. The molecule has 0 heterocycles. The van der Waals surface area contributed by atoms with Gasteiger partial charge in [0.2, 0.25) is 0 Å². The van der Waals surface area contributed by atoms with Crippen LogP contribution in [-0.4, -0.2) is 18.5 Å². The quantitative estimate of drug-likeness (QED) is 0.123. The topological polar surface area (TPSA) is 26.3 Å². The third kappa shape index (κ3) is 21.7. The van der Waals surface area contributed by atoms with Gasteiger partial charge in [0.15, 0.2) is 0 Å². The maximum absolute atomic E-state index is 11.3. The number of esters is 1. The zero-order valence-corrected chi connectivity index (χ0v) is 17.6. The molecule has 0 aromatic carbocycles. The Morgan fingerprint density at radius 1 is 0.640 bits per heavy atom. The molecule has 25 heavy (non-hydrogen) atoms. The summed E-state index contributed by atoms with van der Waals surface area (Å²) in [6.45, 7) is 2.63. The number of unbranched alkanes of at least 4 members (excludes halogenated alkanes) is 16. The van der Waals surface area contributed by atoms with Gasteiger partial charge in [-0.2, -0.15) is 0 Å². The first-order chi connectivity index (χ1) is 12.3. The highest BCUT2D eigenvalue weighted by Gasteiger charge is 2.01. The Balaban J connectivity index is 3.04. The van der Waals surface area contributed by atoms with E-state index >= 15 is 0 Å². The second-order valence-corrected chi connectivity index (χ2v) is 7.69. The van der Waals surface area contributed by atoms with E-state index in [4.69, 9.17) is 16.3 Å². The van der Waals surface area contributed by atoms with Crippen LogP contribution in [0.3, 0.4) is 0 Å². The van der Waals surface area contributed by atoms with Crippen molar-refractivity contribution in [3.63, 3.8) is 0 Å². The number of carbonyl (C=O) groups is 1. The Bertz CT molecular complexity index is 269. The van der Waals surface area contributed by atoms with Gasteiger partial charge in [-0.3, -0.25) is 4.79 Å². The summed E-state index contributed by atoms with van der Waals surface area (Å²) in [7, 11) is 0. The van der Waals surface area contributed by atoms with E-state index in [1.54, 1.807) is 0 Å². The smallest absolute Gasteiger partial charge is 0.305 e. The summed E-state index contributed by atoms with van der Waals surface area (Å²) in [5, 5.41) is 0. The number of alkyl halides is 1. The van der Waals surface area contributed by atoms with Gasteiger partial charge in [0.1, 0.15) is 6.61 Å². The van der Waals surface area contributed by atoms with Crippen LogP contribution in [0.5, 0.6) is 0 Å². The molecule has 2 nitrogen and oxygen atoms in total. The standard InChI is InChI=1S/C22H43ClO2/c1-2-3-4-5-6-7-8-9-10-11-12-13-14-15-16-17-18-19-22(24)25-21-20-23/h2-21H2,1H3. The molecule has 150 valence electrons. The van der Waals surface area contributed by atoms with Crippen LogP contribution in [-0.2, 0) is 9.53 Å². The molecular weight excluding hydrogens is 332 g/mol. The molecule has 0 amide bonds. The van der Waals surface area contributed by atoms with Crippen LogP contribution in [0.1, 0.15) is 122 Å². The maximum Gasteiger partial charge on any atom is 0.305 e. The molecule has 0 spiro atoms. The fourth-order valence-electron chi connectivity index (χ4n) is 3.22. The minimum atomic E-state index is -0.0957. The highest BCUT2D eigenvalue weighted by Crippen LogP contribution is 2.14. The number of hydrogen-bond acceptors (Lipinski definition) is 2. The van der Waals surface area contributed by atoms with Crippen molar-refractivity contribution in [2.24, 2.45) is 0 Å². The Morgan fingerprint density at radius 2 is 1.00 bits per heavy atom. The van der Waals surface area contributed by atoms with Gasteiger partial charge in [0.05, 0.1) is 5.88 Å². The summed E-state index contributed by atoms with van der Waals surface area (Å²) >= 11 is 5.48. The van der Waals surface area contributed by atoms with Crippen LogP contribution in [0.4, 0.5) is 0 Å². The summed E-state index contributed by atoms with van der Waals surface area (Å²) in [6.07, 6.45) is 23.6. The van der Waals surface area contributed by atoms with Crippen molar-refractivity contribution in [2.45, 2.75) is 122 Å². The fraction of sp³-hybridized carbons (Fsp3) is 0.955. The largest absolute Gasteiger partial charge is 0.464 e. The zero-order chi connectivity index (χ0) is 18.4. The van der Waals surface area contributed by atoms with E-state index in [9.17, 15) is 4.79 Å². The average Bonchev–Trinajstić information content (AvgIpc) is 2.62. The monoisotopic (exact) mass is 374 g/mol. The van der Waals surface area contributed by atoms with E-state index in [1.807, 2.05) is 0 Å². The lowest BCUT2D eigenvalue weighted by atomic mass is 10.0. The zero-order valence-electron chi connectivity index (χ0n) is 16.8. The van der Waals surface area contributed by atoms with E-state index in [0.29, 0.717) is 18.9 Å². The van der Waals surface area contributed by atoms with Crippen molar-refractivity contribution in [2.75, 3.05) is 12.5 Å². The van der Waals surface area contributed by atoms with Crippen LogP contribution in [0.15, 0.2) is 0 Å². The van der Waals surface area contributed by atoms with E-state index in [-0.39, 0.29) is 5.97 Å². The molecule has 0 bridgehead atoms. The molecule has 0 rings (SSSR count). The summed E-state index contributed by atoms with van der Waals surface area (Å²) in [5.74, 6) is 0.298. The van der Waals surface area contributed by atoms with Crippen LogP contribution in [0.25, 0.3) is 0 Å². The SMILES string of the molecule is CCCCCCCCCCCCCCCCCCCC(=O)OCCCl. The third-order valence-electron chi connectivity index (χ3n) is 4.82. The lowest BCUT2D eigenvalue weighted by Gasteiger charge is -2.04. The van der Waals surface area contributed by atoms with Gasteiger partial charge in [-0.05, 0) is 6.42 Å². The van der Waals surface area contributed by atoms with Crippen molar-refractivity contribution in [1.29, 1.82) is 0 Å². The van der Waals surface area contributed by atoms with E-state index in [0.717, 1.165) is 12.8 Å². The van der Waals surface area contributed by atoms with Gasteiger partial charge in [0.25, 0.3) is 0 Å². The molecule has 0 fully saturated rings. The first-order valence-electron chi connectivity index (χ1n) is 11.0. The van der Waals surface area contributed by atoms with Gasteiger partial charge >= 0.3 is 5.97 Å². The highest BCUT2D eigenvalue weighted by atomic mass is 35.5. The first-order valence-corrected chi connectivity index (χ1v) is 11.6. The summed E-state index contributed by atoms with van der Waals surface area (Å²) in [6, 6.07) is 0. The van der Waals surface area contributed by atoms with Crippen LogP contribution < -0.4 is 0 Å². The van der Waals surface area contributed by atoms with Crippen molar-refractivity contribution in [3.8, 4) is 0 Å². The second kappa shape index (κ2) is 21.8. The number of hydrogen-bond donors (Lipinski definition) is 0. The molecule has 0 unspecified atom stereocenters. The van der Waals surface area contributed by atoms with Crippen LogP contribution in [0.2, 0.25) is 0 Å². The summed E-state index contributed by atoms with van der Waals surface area (Å²) in [5.41, 5.74) is 0. The fourth-order valence-corrected chi connectivity index (χ4v) is 3.30. The van der Waals surface area contributed by atoms with Crippen molar-refractivity contribution in [3.05, 3.63) is 0 Å². The minimum Gasteiger partial charge on any atom is -0.464 e. The van der Waals surface area contributed by atoms with Crippen LogP contribution >= 0.6 is 11.6 Å². The van der Waals surface area contributed by atoms with Gasteiger partial charge in [-0.1, -0.05) is 110 Å². The van der Waals surface area contributed by atoms with Gasteiger partial charge < -0.3 is 4.74 Å². The molecule has 0 radical (unpaired) electrons. The van der Waals surface area contributed by atoms with E-state index < -0.39 is 0 Å². The van der Waals surface area contributed by atoms with E-state index in [1.165, 1.54) is 96.3 Å². The number of rotatable bonds is 20. The van der Waals surface area contributed by atoms with Gasteiger partial charge in [0, 0.05) is 6.42 Å². The van der Waals surface area contributed by atoms with E-state index in [2.05, 4.69) is 6.92 Å². The predicted molar refractivity (Wildman–Crippen MR) is 110 cm³/mol. The van der Waals surface area contributed by atoms with Crippen molar-refractivity contribution >= 4 is 17.6 Å². The molecule has 3 heteroatoms. The lowest BCUT2D eigenvalue weighted by Crippen LogP contribution is -2.06. The number of carbonyl (C=O) groups excluding carboxylic acids is 1. The van der Waals surface area contributed by atoms with Crippen molar-refractivity contribution in [1.82, 2.24) is 0 Å². The summed E-state index contributed by atoms with van der Waals surface area (Å²) < 4.78 is 4.95. The summed E-state index contributed by atoms with van der Waals surface area (Å²) in [4.78, 5) is 11.3. The Morgan fingerprint density at radius 3 is 1.36 bits per heavy atom. The van der Waals surface area contributed by atoms with Crippen LogP contribution in [0, 0.1) is 0 Å². The minimum absolute atomic E-state index is 0.0957.